The Hall–Kier alpha value is -4.43. The Labute approximate surface area is 199 Å². The largest absolute Gasteiger partial charge is 0.477 e. The summed E-state index contributed by atoms with van der Waals surface area (Å²) in [6.45, 7) is 0.314. The van der Waals surface area contributed by atoms with Gasteiger partial charge >= 0.3 is 5.97 Å². The lowest BCUT2D eigenvalue weighted by Crippen LogP contribution is -2.28. The van der Waals surface area contributed by atoms with Gasteiger partial charge in [-0.05, 0) is 54.1 Å². The molecule has 2 amide bonds. The number of carboxylic acid groups (broad SMARTS) is 1. The molecule has 4 aromatic rings. The number of carbonyl (C=O) groups excluding carboxylic acids is 2. The fourth-order valence-electron chi connectivity index (χ4n) is 3.37. The van der Waals surface area contributed by atoms with E-state index in [1.807, 2.05) is 30.5 Å². The zero-order chi connectivity index (χ0) is 24.1. The first kappa shape index (κ1) is 22.8. The molecule has 8 nitrogen and oxygen atoms in total. The summed E-state index contributed by atoms with van der Waals surface area (Å²) in [5.74, 6) is -2.41. The molecule has 2 heterocycles. The van der Waals surface area contributed by atoms with E-state index in [-0.39, 0.29) is 27.8 Å². The van der Waals surface area contributed by atoms with E-state index in [1.165, 1.54) is 30.5 Å². The highest BCUT2D eigenvalue weighted by molar-refractivity contribution is 6.34. The van der Waals surface area contributed by atoms with Crippen molar-refractivity contribution in [3.63, 3.8) is 0 Å². The number of halogens is 1. The Kier molecular flexibility index (Phi) is 6.70. The lowest BCUT2D eigenvalue weighted by Gasteiger charge is -2.10. The Morgan fingerprint density at radius 1 is 1.03 bits per heavy atom. The van der Waals surface area contributed by atoms with Crippen molar-refractivity contribution >= 4 is 46.4 Å². The second-order valence-electron chi connectivity index (χ2n) is 7.31. The molecule has 34 heavy (non-hydrogen) atoms. The van der Waals surface area contributed by atoms with Crippen LogP contribution < -0.4 is 10.6 Å². The smallest absolute Gasteiger partial charge is 0.352 e. The monoisotopic (exact) mass is 474 g/mol. The van der Waals surface area contributed by atoms with Gasteiger partial charge in [-0.1, -0.05) is 29.8 Å². The Morgan fingerprint density at radius 3 is 2.62 bits per heavy atom. The lowest BCUT2D eigenvalue weighted by molar-refractivity contribution is -0.132. The van der Waals surface area contributed by atoms with Gasteiger partial charge in [0, 0.05) is 35.4 Å². The number of fused-ring (bicyclic) bond motifs is 1. The van der Waals surface area contributed by atoms with Crippen LogP contribution >= 0.6 is 11.6 Å². The van der Waals surface area contributed by atoms with E-state index in [2.05, 4.69) is 20.6 Å². The number of aliphatic carboxylic acids is 1. The van der Waals surface area contributed by atoms with Crippen LogP contribution in [0.15, 0.2) is 78.8 Å². The van der Waals surface area contributed by atoms with Crippen LogP contribution in [0.2, 0.25) is 5.02 Å². The van der Waals surface area contributed by atoms with E-state index in [4.69, 9.17) is 11.6 Å². The van der Waals surface area contributed by atoms with Gasteiger partial charge in [-0.25, -0.2) is 4.79 Å². The molecular formula is C25H19ClN4O4. The van der Waals surface area contributed by atoms with Gasteiger partial charge in [0.05, 0.1) is 16.3 Å². The van der Waals surface area contributed by atoms with Gasteiger partial charge in [0.25, 0.3) is 11.8 Å². The molecule has 0 radical (unpaired) electrons. The standard InChI is InChI=1S/C25H19ClN4O4/c26-20-12-15(23(31)29-14-16-4-3-6-21-18(16)9-11-28-21)7-8-19(20)24(32)30-22(25(33)34)13-17-5-1-2-10-27-17/h1-13,28H,14H2,(H,29,31)(H,30,32)(H,33,34)/b22-13-. The van der Waals surface area contributed by atoms with E-state index >= 15 is 0 Å². The van der Waals surface area contributed by atoms with Crippen LogP contribution in [0, 0.1) is 0 Å². The molecule has 0 atom stereocenters. The van der Waals surface area contributed by atoms with Crippen LogP contribution in [0.25, 0.3) is 17.0 Å². The van der Waals surface area contributed by atoms with Gasteiger partial charge < -0.3 is 20.7 Å². The topological polar surface area (TPSA) is 124 Å². The number of hydrogen-bond acceptors (Lipinski definition) is 4. The second kappa shape index (κ2) is 10.0. The molecule has 0 aliphatic carbocycles. The number of carbonyl (C=O) groups is 3. The lowest BCUT2D eigenvalue weighted by atomic mass is 10.1. The number of H-pyrrole nitrogens is 1. The van der Waals surface area contributed by atoms with Crippen molar-refractivity contribution in [2.45, 2.75) is 6.54 Å². The molecule has 4 rings (SSSR count). The van der Waals surface area contributed by atoms with Crippen molar-refractivity contribution in [3.05, 3.63) is 106 Å². The van der Waals surface area contributed by atoms with Gasteiger partial charge in [0.1, 0.15) is 5.70 Å². The molecule has 0 unspecified atom stereocenters. The van der Waals surface area contributed by atoms with Crippen LogP contribution in [0.1, 0.15) is 32.0 Å². The SMILES string of the molecule is O=C(O)/C(=C/c1ccccn1)NC(=O)c1ccc(C(=O)NCc2cccc3[nH]ccc23)cc1Cl. The molecular weight excluding hydrogens is 456 g/mol. The Morgan fingerprint density at radius 2 is 1.88 bits per heavy atom. The molecule has 0 saturated heterocycles. The number of carboxylic acids is 1. The zero-order valence-corrected chi connectivity index (χ0v) is 18.5. The predicted octanol–water partition coefficient (Wildman–Crippen LogP) is 4.00. The third kappa shape index (κ3) is 5.13. The summed E-state index contributed by atoms with van der Waals surface area (Å²) in [5.41, 5.74) is 2.24. The van der Waals surface area contributed by atoms with E-state index in [0.29, 0.717) is 12.2 Å². The van der Waals surface area contributed by atoms with E-state index in [9.17, 15) is 19.5 Å². The van der Waals surface area contributed by atoms with Crippen molar-refractivity contribution in [1.29, 1.82) is 0 Å². The summed E-state index contributed by atoms with van der Waals surface area (Å²) >= 11 is 6.25. The van der Waals surface area contributed by atoms with Crippen LogP contribution in [0.3, 0.4) is 0 Å². The molecule has 0 bridgehead atoms. The van der Waals surface area contributed by atoms with Crippen LogP contribution in [-0.2, 0) is 11.3 Å². The number of amides is 2. The van der Waals surface area contributed by atoms with Gasteiger partial charge in [0.2, 0.25) is 0 Å². The minimum atomic E-state index is -1.33. The minimum absolute atomic E-state index is 0.0143. The third-order valence-electron chi connectivity index (χ3n) is 5.06. The maximum absolute atomic E-state index is 12.6. The molecule has 2 aromatic carbocycles. The molecule has 0 fully saturated rings. The molecule has 9 heteroatoms. The summed E-state index contributed by atoms with van der Waals surface area (Å²) in [5, 5.41) is 15.6. The highest BCUT2D eigenvalue weighted by Crippen LogP contribution is 2.20. The van der Waals surface area contributed by atoms with Gasteiger partial charge in [0.15, 0.2) is 0 Å². The summed E-state index contributed by atoms with van der Waals surface area (Å²) in [6, 6.07) is 16.9. The Bertz CT molecular complexity index is 1410. The fourth-order valence-corrected chi connectivity index (χ4v) is 3.64. The van der Waals surface area contributed by atoms with Crippen LogP contribution in [-0.4, -0.2) is 32.9 Å². The molecule has 0 aliphatic heterocycles. The number of nitrogens with one attached hydrogen (secondary N) is 3. The van der Waals surface area contributed by atoms with Crippen LogP contribution in [0.5, 0.6) is 0 Å². The first-order valence-electron chi connectivity index (χ1n) is 10.2. The number of rotatable bonds is 7. The van der Waals surface area contributed by atoms with Crippen molar-refractivity contribution in [3.8, 4) is 0 Å². The predicted molar refractivity (Wildman–Crippen MR) is 128 cm³/mol. The van der Waals surface area contributed by atoms with Crippen molar-refractivity contribution in [2.24, 2.45) is 0 Å². The quantitative estimate of drug-likeness (QED) is 0.301. The van der Waals surface area contributed by atoms with Crippen molar-refractivity contribution < 1.29 is 19.5 Å². The number of pyridine rings is 1. The molecule has 4 N–H and O–H groups in total. The first-order chi connectivity index (χ1) is 16.4. The molecule has 170 valence electrons. The number of benzene rings is 2. The molecule has 2 aromatic heterocycles. The average Bonchev–Trinajstić information content (AvgIpc) is 3.32. The Balaban J connectivity index is 1.46. The maximum atomic E-state index is 12.6. The number of aromatic amines is 1. The minimum Gasteiger partial charge on any atom is -0.477 e. The van der Waals surface area contributed by atoms with Gasteiger partial charge in [-0.3, -0.25) is 14.6 Å². The summed E-state index contributed by atoms with van der Waals surface area (Å²) in [7, 11) is 0. The average molecular weight is 475 g/mol. The summed E-state index contributed by atoms with van der Waals surface area (Å²) < 4.78 is 0. The van der Waals surface area contributed by atoms with Gasteiger partial charge in [-0.15, -0.1) is 0 Å². The highest BCUT2D eigenvalue weighted by atomic mass is 35.5. The van der Waals surface area contributed by atoms with E-state index in [1.54, 1.807) is 18.2 Å². The second-order valence-corrected chi connectivity index (χ2v) is 7.71. The van der Waals surface area contributed by atoms with Crippen molar-refractivity contribution in [1.82, 2.24) is 20.6 Å². The number of hydrogen-bond donors (Lipinski definition) is 4. The van der Waals surface area contributed by atoms with Crippen LogP contribution in [0.4, 0.5) is 0 Å². The first-order valence-corrected chi connectivity index (χ1v) is 10.6. The highest BCUT2D eigenvalue weighted by Gasteiger charge is 2.18. The van der Waals surface area contributed by atoms with E-state index < -0.39 is 11.9 Å². The third-order valence-corrected chi connectivity index (χ3v) is 5.37. The van der Waals surface area contributed by atoms with Gasteiger partial charge in [-0.2, -0.15) is 0 Å². The molecule has 0 aliphatic rings. The fraction of sp³-hybridized carbons (Fsp3) is 0.0400. The summed E-state index contributed by atoms with van der Waals surface area (Å²) in [4.78, 5) is 44.0. The molecule has 0 spiro atoms. The number of aromatic nitrogens is 2. The summed E-state index contributed by atoms with van der Waals surface area (Å²) in [6.07, 6.45) is 4.58. The molecule has 0 saturated carbocycles. The van der Waals surface area contributed by atoms with Crippen molar-refractivity contribution in [2.75, 3.05) is 0 Å². The van der Waals surface area contributed by atoms with E-state index in [0.717, 1.165) is 16.5 Å². The normalized spacial score (nSPS) is 11.3. The zero-order valence-electron chi connectivity index (χ0n) is 17.7. The maximum Gasteiger partial charge on any atom is 0.352 e. The number of nitrogens with zero attached hydrogens (tertiary/aromatic N) is 1.